The van der Waals surface area contributed by atoms with Crippen LogP contribution >= 0.6 is 0 Å². The molecular weight excluding hydrogens is 154 g/mol. The molecule has 2 atom stereocenters. The first-order valence-electron chi connectivity index (χ1n) is 4.82. The Morgan fingerprint density at radius 2 is 2.00 bits per heavy atom. The molecule has 0 aromatic heterocycles. The SMILES string of the molecule is NC1CCCCCC1OCCO. The lowest BCUT2D eigenvalue weighted by Gasteiger charge is -2.21. The maximum absolute atomic E-state index is 8.59. The number of hydrogen-bond donors (Lipinski definition) is 2. The molecule has 0 aromatic rings. The van der Waals surface area contributed by atoms with Gasteiger partial charge in [-0.25, -0.2) is 0 Å². The summed E-state index contributed by atoms with van der Waals surface area (Å²) in [6, 6.07) is 0.180. The largest absolute Gasteiger partial charge is 0.394 e. The van der Waals surface area contributed by atoms with Crippen LogP contribution in [0.5, 0.6) is 0 Å². The third-order valence-corrected chi connectivity index (χ3v) is 2.43. The van der Waals surface area contributed by atoms with Gasteiger partial charge < -0.3 is 15.6 Å². The molecule has 0 heterocycles. The lowest BCUT2D eigenvalue weighted by atomic mass is 10.1. The van der Waals surface area contributed by atoms with Crippen molar-refractivity contribution >= 4 is 0 Å². The van der Waals surface area contributed by atoms with Crippen molar-refractivity contribution in [1.82, 2.24) is 0 Å². The zero-order chi connectivity index (χ0) is 8.81. The van der Waals surface area contributed by atoms with Gasteiger partial charge in [0.2, 0.25) is 0 Å². The molecule has 1 aliphatic rings. The maximum Gasteiger partial charge on any atom is 0.0727 e. The lowest BCUT2D eigenvalue weighted by Crippen LogP contribution is -2.36. The quantitative estimate of drug-likeness (QED) is 0.616. The molecule has 0 radical (unpaired) electrons. The molecule has 0 amide bonds. The fourth-order valence-electron chi connectivity index (χ4n) is 1.71. The highest BCUT2D eigenvalue weighted by Crippen LogP contribution is 2.18. The van der Waals surface area contributed by atoms with E-state index in [-0.39, 0.29) is 18.8 Å². The van der Waals surface area contributed by atoms with Gasteiger partial charge in [0.15, 0.2) is 0 Å². The van der Waals surface area contributed by atoms with E-state index < -0.39 is 0 Å². The average Bonchev–Trinajstić information content (AvgIpc) is 2.27. The van der Waals surface area contributed by atoms with Gasteiger partial charge in [-0.05, 0) is 12.8 Å². The highest BCUT2D eigenvalue weighted by Gasteiger charge is 2.20. The highest BCUT2D eigenvalue weighted by atomic mass is 16.5. The summed E-state index contributed by atoms with van der Waals surface area (Å²) in [6.45, 7) is 0.529. The summed E-state index contributed by atoms with van der Waals surface area (Å²) in [4.78, 5) is 0. The third kappa shape index (κ3) is 3.09. The summed E-state index contributed by atoms with van der Waals surface area (Å²) in [5.74, 6) is 0. The summed E-state index contributed by atoms with van der Waals surface area (Å²) in [5.41, 5.74) is 5.91. The van der Waals surface area contributed by atoms with Crippen molar-refractivity contribution in [1.29, 1.82) is 0 Å². The first-order chi connectivity index (χ1) is 5.84. The fraction of sp³-hybridized carbons (Fsp3) is 1.00. The summed E-state index contributed by atoms with van der Waals surface area (Å²) >= 11 is 0. The molecule has 1 rings (SSSR count). The minimum atomic E-state index is 0.100. The van der Waals surface area contributed by atoms with Gasteiger partial charge in [-0.15, -0.1) is 0 Å². The lowest BCUT2D eigenvalue weighted by molar-refractivity contribution is 0.0110. The monoisotopic (exact) mass is 173 g/mol. The van der Waals surface area contributed by atoms with Gasteiger partial charge in [0, 0.05) is 6.04 Å². The molecule has 12 heavy (non-hydrogen) atoms. The molecule has 3 N–H and O–H groups in total. The predicted octanol–water partition coefficient (Wildman–Crippen LogP) is 0.655. The predicted molar refractivity (Wildman–Crippen MR) is 47.9 cm³/mol. The minimum absolute atomic E-state index is 0.100. The van der Waals surface area contributed by atoms with Crippen LogP contribution in [0.2, 0.25) is 0 Å². The van der Waals surface area contributed by atoms with Gasteiger partial charge in [-0.3, -0.25) is 0 Å². The van der Waals surface area contributed by atoms with Crippen LogP contribution < -0.4 is 5.73 Å². The van der Waals surface area contributed by atoms with Crippen LogP contribution in [-0.2, 0) is 4.74 Å². The summed E-state index contributed by atoms with van der Waals surface area (Å²) < 4.78 is 5.45. The van der Waals surface area contributed by atoms with E-state index in [1.807, 2.05) is 0 Å². The van der Waals surface area contributed by atoms with Crippen molar-refractivity contribution in [3.8, 4) is 0 Å². The molecule has 0 spiro atoms. The van der Waals surface area contributed by atoms with Crippen molar-refractivity contribution in [2.45, 2.75) is 44.2 Å². The fourth-order valence-corrected chi connectivity index (χ4v) is 1.71. The standard InChI is InChI=1S/C9H19NO2/c10-8-4-2-1-3-5-9(8)12-7-6-11/h8-9,11H,1-7,10H2. The molecule has 0 aliphatic heterocycles. The molecular formula is C9H19NO2. The van der Waals surface area contributed by atoms with Crippen LogP contribution in [0.15, 0.2) is 0 Å². The van der Waals surface area contributed by atoms with Gasteiger partial charge >= 0.3 is 0 Å². The van der Waals surface area contributed by atoms with E-state index in [0.717, 1.165) is 12.8 Å². The van der Waals surface area contributed by atoms with E-state index in [1.165, 1.54) is 19.3 Å². The van der Waals surface area contributed by atoms with Crippen molar-refractivity contribution in [3.05, 3.63) is 0 Å². The van der Waals surface area contributed by atoms with E-state index in [2.05, 4.69) is 0 Å². The molecule has 0 aromatic carbocycles. The Bertz CT molecular complexity index is 119. The Morgan fingerprint density at radius 1 is 1.25 bits per heavy atom. The zero-order valence-corrected chi connectivity index (χ0v) is 7.54. The van der Waals surface area contributed by atoms with E-state index in [0.29, 0.717) is 6.61 Å². The Morgan fingerprint density at radius 3 is 2.75 bits per heavy atom. The first-order valence-corrected chi connectivity index (χ1v) is 4.82. The number of rotatable bonds is 3. The molecule has 72 valence electrons. The van der Waals surface area contributed by atoms with Gasteiger partial charge in [0.25, 0.3) is 0 Å². The van der Waals surface area contributed by atoms with E-state index in [4.69, 9.17) is 15.6 Å². The van der Waals surface area contributed by atoms with E-state index >= 15 is 0 Å². The van der Waals surface area contributed by atoms with Crippen molar-refractivity contribution in [2.75, 3.05) is 13.2 Å². The van der Waals surface area contributed by atoms with Crippen LogP contribution in [0.3, 0.4) is 0 Å². The maximum atomic E-state index is 8.59. The molecule has 1 fully saturated rings. The average molecular weight is 173 g/mol. The Hall–Kier alpha value is -0.120. The second-order valence-electron chi connectivity index (χ2n) is 3.43. The minimum Gasteiger partial charge on any atom is -0.394 e. The number of nitrogens with two attached hydrogens (primary N) is 1. The second kappa shape index (κ2) is 5.51. The number of hydrogen-bond acceptors (Lipinski definition) is 3. The van der Waals surface area contributed by atoms with Gasteiger partial charge in [-0.1, -0.05) is 19.3 Å². The van der Waals surface area contributed by atoms with Crippen LogP contribution in [-0.4, -0.2) is 30.5 Å². The topological polar surface area (TPSA) is 55.5 Å². The smallest absolute Gasteiger partial charge is 0.0727 e. The summed E-state index contributed by atoms with van der Waals surface area (Å²) in [6.07, 6.45) is 6.01. The Labute approximate surface area is 73.9 Å². The van der Waals surface area contributed by atoms with Crippen LogP contribution in [0.25, 0.3) is 0 Å². The molecule has 3 nitrogen and oxygen atoms in total. The Kier molecular flexibility index (Phi) is 4.58. The number of aliphatic hydroxyl groups is 1. The van der Waals surface area contributed by atoms with E-state index in [9.17, 15) is 0 Å². The van der Waals surface area contributed by atoms with Gasteiger partial charge in [-0.2, -0.15) is 0 Å². The number of ether oxygens (including phenoxy) is 1. The normalized spacial score (nSPS) is 31.5. The first kappa shape index (κ1) is 9.96. The van der Waals surface area contributed by atoms with Crippen molar-refractivity contribution < 1.29 is 9.84 Å². The zero-order valence-electron chi connectivity index (χ0n) is 7.54. The molecule has 0 bridgehead atoms. The molecule has 2 unspecified atom stereocenters. The molecule has 1 saturated carbocycles. The van der Waals surface area contributed by atoms with Crippen molar-refractivity contribution in [2.24, 2.45) is 5.73 Å². The summed E-state index contributed by atoms with van der Waals surface area (Å²) in [7, 11) is 0. The van der Waals surface area contributed by atoms with Crippen LogP contribution in [0, 0.1) is 0 Å². The van der Waals surface area contributed by atoms with Gasteiger partial charge in [0.1, 0.15) is 0 Å². The summed E-state index contributed by atoms with van der Waals surface area (Å²) in [5, 5.41) is 8.59. The van der Waals surface area contributed by atoms with Crippen LogP contribution in [0.4, 0.5) is 0 Å². The Balaban J connectivity index is 2.26. The van der Waals surface area contributed by atoms with Gasteiger partial charge in [0.05, 0.1) is 19.3 Å². The molecule has 3 heteroatoms. The molecule has 1 aliphatic carbocycles. The number of aliphatic hydroxyl groups excluding tert-OH is 1. The van der Waals surface area contributed by atoms with E-state index in [1.54, 1.807) is 0 Å². The highest BCUT2D eigenvalue weighted by molar-refractivity contribution is 4.76. The van der Waals surface area contributed by atoms with Crippen molar-refractivity contribution in [3.63, 3.8) is 0 Å². The second-order valence-corrected chi connectivity index (χ2v) is 3.43. The van der Waals surface area contributed by atoms with Crippen LogP contribution in [0.1, 0.15) is 32.1 Å². The molecule has 0 saturated heterocycles. The third-order valence-electron chi connectivity index (χ3n) is 2.43.